The molecule has 0 saturated heterocycles. The number of rotatable bonds is 5. The molecule has 0 unspecified atom stereocenters. The summed E-state index contributed by atoms with van der Waals surface area (Å²) in [5.41, 5.74) is 0.0374. The van der Waals surface area contributed by atoms with Crippen LogP contribution in [-0.4, -0.2) is 22.8 Å². The highest BCUT2D eigenvalue weighted by Gasteiger charge is 2.30. The number of hydrogen-bond acceptors (Lipinski definition) is 6. The van der Waals surface area contributed by atoms with Crippen molar-refractivity contribution >= 4 is 23.5 Å². The smallest absolute Gasteiger partial charge is 0.416 e. The van der Waals surface area contributed by atoms with Crippen molar-refractivity contribution in [3.8, 4) is 11.5 Å². The molecule has 1 amide bonds. The summed E-state index contributed by atoms with van der Waals surface area (Å²) in [6, 6.07) is 10.9. The Hall–Kier alpha value is -4.21. The standard InChI is InChI=1S/C23H17F3N2O5/c1-13-11-12-27-19(20(13)32-14(2)29)21(30)28-17-7-3-15(4-8-17)22(31)33-18-9-5-16(6-10-18)23(24,25)26/h3-12H,1-2H3,(H,28,30). The molecule has 0 atom stereocenters. The van der Waals surface area contributed by atoms with Crippen LogP contribution in [0.1, 0.15) is 38.9 Å². The Bertz CT molecular complexity index is 1190. The van der Waals surface area contributed by atoms with E-state index in [0.717, 1.165) is 24.3 Å². The third kappa shape index (κ3) is 5.94. The molecule has 10 heteroatoms. The van der Waals surface area contributed by atoms with Crippen molar-refractivity contribution in [1.29, 1.82) is 0 Å². The van der Waals surface area contributed by atoms with Gasteiger partial charge in [0.1, 0.15) is 5.75 Å². The molecule has 0 fully saturated rings. The first-order chi connectivity index (χ1) is 15.5. The van der Waals surface area contributed by atoms with Gasteiger partial charge in [-0.1, -0.05) is 0 Å². The number of halogens is 3. The minimum Gasteiger partial charge on any atom is -0.424 e. The molecule has 3 rings (SSSR count). The maximum Gasteiger partial charge on any atom is 0.416 e. The van der Waals surface area contributed by atoms with Gasteiger partial charge in [0.2, 0.25) is 0 Å². The topological polar surface area (TPSA) is 94.6 Å². The van der Waals surface area contributed by atoms with E-state index in [1.807, 2.05) is 0 Å². The molecule has 0 bridgehead atoms. The fourth-order valence-electron chi connectivity index (χ4n) is 2.74. The summed E-state index contributed by atoms with van der Waals surface area (Å²) in [7, 11) is 0. The normalized spacial score (nSPS) is 10.9. The van der Waals surface area contributed by atoms with E-state index in [1.54, 1.807) is 13.0 Å². The Balaban J connectivity index is 1.68. The molecule has 0 spiro atoms. The number of carbonyl (C=O) groups is 3. The Labute approximate surface area is 186 Å². The summed E-state index contributed by atoms with van der Waals surface area (Å²) in [4.78, 5) is 40.1. The first kappa shape index (κ1) is 23.5. The van der Waals surface area contributed by atoms with E-state index >= 15 is 0 Å². The summed E-state index contributed by atoms with van der Waals surface area (Å²) < 4.78 is 48.0. The second-order valence-electron chi connectivity index (χ2n) is 6.84. The van der Waals surface area contributed by atoms with E-state index in [2.05, 4.69) is 10.3 Å². The van der Waals surface area contributed by atoms with Crippen molar-refractivity contribution in [2.75, 3.05) is 5.32 Å². The van der Waals surface area contributed by atoms with Crippen LogP contribution in [0.4, 0.5) is 18.9 Å². The van der Waals surface area contributed by atoms with Crippen LogP contribution < -0.4 is 14.8 Å². The van der Waals surface area contributed by atoms with Crippen LogP contribution >= 0.6 is 0 Å². The van der Waals surface area contributed by atoms with Gasteiger partial charge in [-0.25, -0.2) is 9.78 Å². The molecule has 3 aromatic rings. The molecule has 7 nitrogen and oxygen atoms in total. The number of ether oxygens (including phenoxy) is 2. The lowest BCUT2D eigenvalue weighted by molar-refractivity contribution is -0.137. The van der Waals surface area contributed by atoms with Gasteiger partial charge in [-0.3, -0.25) is 9.59 Å². The second-order valence-corrected chi connectivity index (χ2v) is 6.84. The summed E-state index contributed by atoms with van der Waals surface area (Å²) in [6.07, 6.45) is -3.09. The number of nitrogens with zero attached hydrogens (tertiary/aromatic N) is 1. The molecule has 1 heterocycles. The summed E-state index contributed by atoms with van der Waals surface area (Å²) >= 11 is 0. The fraction of sp³-hybridized carbons (Fsp3) is 0.130. The van der Waals surface area contributed by atoms with E-state index in [9.17, 15) is 27.6 Å². The molecule has 0 aliphatic rings. The predicted octanol–water partition coefficient (Wildman–Crippen LogP) is 4.81. The number of hydrogen-bond donors (Lipinski definition) is 1. The molecule has 1 N–H and O–H groups in total. The number of nitrogens with one attached hydrogen (secondary N) is 1. The maximum atomic E-state index is 12.6. The molecular formula is C23H17F3N2O5. The van der Waals surface area contributed by atoms with E-state index < -0.39 is 29.6 Å². The first-order valence-corrected chi connectivity index (χ1v) is 9.49. The number of aromatic nitrogens is 1. The zero-order chi connectivity index (χ0) is 24.2. The molecule has 33 heavy (non-hydrogen) atoms. The van der Waals surface area contributed by atoms with Crippen LogP contribution in [0.2, 0.25) is 0 Å². The highest BCUT2D eigenvalue weighted by Crippen LogP contribution is 2.30. The number of aryl methyl sites for hydroxylation is 1. The molecule has 1 aromatic heterocycles. The number of alkyl halides is 3. The second kappa shape index (κ2) is 9.51. The first-order valence-electron chi connectivity index (χ1n) is 9.49. The largest absolute Gasteiger partial charge is 0.424 e. The lowest BCUT2D eigenvalue weighted by Gasteiger charge is -2.11. The van der Waals surface area contributed by atoms with Gasteiger partial charge >= 0.3 is 18.1 Å². The lowest BCUT2D eigenvalue weighted by Crippen LogP contribution is -2.17. The van der Waals surface area contributed by atoms with Crippen LogP contribution in [0.15, 0.2) is 60.8 Å². The predicted molar refractivity (Wildman–Crippen MR) is 111 cm³/mol. The van der Waals surface area contributed by atoms with Crippen LogP contribution in [0, 0.1) is 6.92 Å². The molecule has 2 aromatic carbocycles. The van der Waals surface area contributed by atoms with E-state index in [4.69, 9.17) is 9.47 Å². The van der Waals surface area contributed by atoms with Crippen molar-refractivity contribution in [1.82, 2.24) is 4.98 Å². The van der Waals surface area contributed by atoms with Gasteiger partial charge < -0.3 is 14.8 Å². The van der Waals surface area contributed by atoms with Gasteiger partial charge in [0, 0.05) is 18.8 Å². The van der Waals surface area contributed by atoms with Gasteiger partial charge in [0.25, 0.3) is 5.91 Å². The van der Waals surface area contributed by atoms with Gasteiger partial charge in [-0.2, -0.15) is 13.2 Å². The molecule has 170 valence electrons. The maximum absolute atomic E-state index is 12.6. The Morgan fingerprint density at radius 1 is 0.909 bits per heavy atom. The van der Waals surface area contributed by atoms with Crippen molar-refractivity contribution < 1.29 is 37.0 Å². The van der Waals surface area contributed by atoms with E-state index in [1.165, 1.54) is 37.4 Å². The number of pyridine rings is 1. The highest BCUT2D eigenvalue weighted by atomic mass is 19.4. The lowest BCUT2D eigenvalue weighted by atomic mass is 10.2. The molecule has 0 radical (unpaired) electrons. The number of amides is 1. The van der Waals surface area contributed by atoms with Crippen LogP contribution in [0.3, 0.4) is 0 Å². The molecule has 0 saturated carbocycles. The van der Waals surface area contributed by atoms with E-state index in [0.29, 0.717) is 11.3 Å². The average molecular weight is 458 g/mol. The average Bonchev–Trinajstić information content (AvgIpc) is 2.75. The summed E-state index contributed by atoms with van der Waals surface area (Å²) in [6.45, 7) is 2.87. The van der Waals surface area contributed by atoms with Crippen molar-refractivity contribution in [2.45, 2.75) is 20.0 Å². The van der Waals surface area contributed by atoms with Crippen molar-refractivity contribution in [3.05, 3.63) is 83.2 Å². The third-order valence-corrected chi connectivity index (χ3v) is 4.33. The highest BCUT2D eigenvalue weighted by molar-refractivity contribution is 6.05. The third-order valence-electron chi connectivity index (χ3n) is 4.33. The Morgan fingerprint density at radius 2 is 1.55 bits per heavy atom. The Morgan fingerprint density at radius 3 is 2.12 bits per heavy atom. The summed E-state index contributed by atoms with van der Waals surface area (Å²) in [5, 5.41) is 2.58. The number of esters is 2. The summed E-state index contributed by atoms with van der Waals surface area (Å²) in [5.74, 6) is -2.02. The van der Waals surface area contributed by atoms with Gasteiger partial charge in [0.05, 0.1) is 11.1 Å². The van der Waals surface area contributed by atoms with E-state index in [-0.39, 0.29) is 22.8 Å². The molecule has 0 aliphatic carbocycles. The number of carbonyl (C=O) groups excluding carboxylic acids is 3. The fourth-order valence-corrected chi connectivity index (χ4v) is 2.74. The van der Waals surface area contributed by atoms with Crippen molar-refractivity contribution in [3.63, 3.8) is 0 Å². The number of benzene rings is 2. The van der Waals surface area contributed by atoms with Gasteiger partial charge in [-0.15, -0.1) is 0 Å². The minimum atomic E-state index is -4.49. The SMILES string of the molecule is CC(=O)Oc1c(C)ccnc1C(=O)Nc1ccc(C(=O)Oc2ccc(C(F)(F)F)cc2)cc1. The van der Waals surface area contributed by atoms with Crippen molar-refractivity contribution in [2.24, 2.45) is 0 Å². The monoisotopic (exact) mass is 458 g/mol. The van der Waals surface area contributed by atoms with Crippen LogP contribution in [-0.2, 0) is 11.0 Å². The molecular weight excluding hydrogens is 441 g/mol. The van der Waals surface area contributed by atoms with Gasteiger partial charge in [0.15, 0.2) is 11.4 Å². The quantitative estimate of drug-likeness (QED) is 0.436. The molecule has 0 aliphatic heterocycles. The zero-order valence-electron chi connectivity index (χ0n) is 17.4. The Kier molecular flexibility index (Phi) is 6.76. The van der Waals surface area contributed by atoms with Crippen LogP contribution in [0.5, 0.6) is 11.5 Å². The van der Waals surface area contributed by atoms with Gasteiger partial charge in [-0.05, 0) is 67.1 Å². The zero-order valence-corrected chi connectivity index (χ0v) is 17.4. The minimum absolute atomic E-state index is 0.0410. The number of anilines is 1. The van der Waals surface area contributed by atoms with Crippen LogP contribution in [0.25, 0.3) is 0 Å².